The van der Waals surface area contributed by atoms with Gasteiger partial charge in [-0.05, 0) is 35.4 Å². The van der Waals surface area contributed by atoms with E-state index >= 15 is 0 Å². The molecule has 1 amide bonds. The van der Waals surface area contributed by atoms with Crippen LogP contribution in [0, 0.1) is 0 Å². The van der Waals surface area contributed by atoms with Gasteiger partial charge in [0.15, 0.2) is 0 Å². The normalized spacial score (nSPS) is 13.7. The molecule has 3 nitrogen and oxygen atoms in total. The number of amides is 1. The van der Waals surface area contributed by atoms with Gasteiger partial charge < -0.3 is 10.6 Å². The van der Waals surface area contributed by atoms with Crippen molar-refractivity contribution in [3.63, 3.8) is 0 Å². The van der Waals surface area contributed by atoms with Gasteiger partial charge in [-0.2, -0.15) is 0 Å². The summed E-state index contributed by atoms with van der Waals surface area (Å²) >= 11 is 3.44. The lowest BCUT2D eigenvalue weighted by atomic mass is 10.1. The Morgan fingerprint density at radius 3 is 2.84 bits per heavy atom. The first-order valence-corrected chi connectivity index (χ1v) is 6.85. The number of anilines is 1. The van der Waals surface area contributed by atoms with Crippen LogP contribution in [0.5, 0.6) is 0 Å². The second-order valence-corrected chi connectivity index (χ2v) is 5.62. The number of carbonyl (C=O) groups is 1. The van der Waals surface area contributed by atoms with Crippen molar-refractivity contribution >= 4 is 27.5 Å². The highest BCUT2D eigenvalue weighted by atomic mass is 79.9. The first-order chi connectivity index (χ1) is 9.13. The van der Waals surface area contributed by atoms with Crippen molar-refractivity contribution in [1.29, 1.82) is 0 Å². The van der Waals surface area contributed by atoms with Crippen LogP contribution in [-0.2, 0) is 13.1 Å². The molecule has 4 heteroatoms. The molecule has 0 bridgehead atoms. The van der Waals surface area contributed by atoms with Crippen molar-refractivity contribution in [3.8, 4) is 0 Å². The minimum atomic E-state index is 0.0577. The van der Waals surface area contributed by atoms with Crippen LogP contribution in [0.2, 0.25) is 0 Å². The highest BCUT2D eigenvalue weighted by Crippen LogP contribution is 2.26. The summed E-state index contributed by atoms with van der Waals surface area (Å²) in [6.07, 6.45) is 0. The van der Waals surface area contributed by atoms with E-state index in [4.69, 9.17) is 5.73 Å². The fraction of sp³-hybridized carbons (Fsp3) is 0.133. The molecule has 2 N–H and O–H groups in total. The molecule has 0 aromatic heterocycles. The fourth-order valence-corrected chi connectivity index (χ4v) is 2.81. The predicted octanol–water partition coefficient (Wildman–Crippen LogP) is 3.19. The smallest absolute Gasteiger partial charge is 0.254 e. The van der Waals surface area contributed by atoms with E-state index in [1.165, 1.54) is 0 Å². The van der Waals surface area contributed by atoms with Gasteiger partial charge in [0.2, 0.25) is 0 Å². The van der Waals surface area contributed by atoms with Crippen LogP contribution >= 0.6 is 15.9 Å². The van der Waals surface area contributed by atoms with E-state index in [1.54, 1.807) is 6.07 Å². The quantitative estimate of drug-likeness (QED) is 0.865. The van der Waals surface area contributed by atoms with Crippen LogP contribution in [0.4, 0.5) is 5.69 Å². The van der Waals surface area contributed by atoms with Gasteiger partial charge in [0.1, 0.15) is 0 Å². The molecule has 3 rings (SSSR count). The molecule has 0 spiro atoms. The van der Waals surface area contributed by atoms with Crippen molar-refractivity contribution in [3.05, 3.63) is 63.6 Å². The minimum Gasteiger partial charge on any atom is -0.399 e. The van der Waals surface area contributed by atoms with E-state index in [-0.39, 0.29) is 5.91 Å². The molecule has 0 unspecified atom stereocenters. The molecule has 0 fully saturated rings. The molecule has 0 radical (unpaired) electrons. The molecule has 2 aromatic rings. The number of hydrogen-bond acceptors (Lipinski definition) is 2. The summed E-state index contributed by atoms with van der Waals surface area (Å²) in [5, 5.41) is 0. The molecule has 0 aliphatic carbocycles. The Hall–Kier alpha value is -1.81. The van der Waals surface area contributed by atoms with Gasteiger partial charge >= 0.3 is 0 Å². The molecule has 1 heterocycles. The Kier molecular flexibility index (Phi) is 3.03. The summed E-state index contributed by atoms with van der Waals surface area (Å²) < 4.78 is 1.03. The molecule has 0 atom stereocenters. The summed E-state index contributed by atoms with van der Waals surface area (Å²) in [4.78, 5) is 14.1. The molecule has 19 heavy (non-hydrogen) atoms. The van der Waals surface area contributed by atoms with Crippen LogP contribution in [0.15, 0.2) is 46.9 Å². The number of rotatable bonds is 2. The second-order valence-electron chi connectivity index (χ2n) is 4.71. The van der Waals surface area contributed by atoms with E-state index in [2.05, 4.69) is 15.9 Å². The predicted molar refractivity (Wildman–Crippen MR) is 78.6 cm³/mol. The average molecular weight is 317 g/mol. The van der Waals surface area contributed by atoms with E-state index in [9.17, 15) is 4.79 Å². The van der Waals surface area contributed by atoms with Crippen LogP contribution in [0.3, 0.4) is 0 Å². The third kappa shape index (κ3) is 2.36. The largest absolute Gasteiger partial charge is 0.399 e. The standard InChI is InChI=1S/C15H13BrN2O/c16-12-3-1-2-10(6-12)8-18-9-11-4-5-13(17)7-14(11)15(18)19/h1-7H,8-9,17H2. The third-order valence-electron chi connectivity index (χ3n) is 3.28. The van der Waals surface area contributed by atoms with E-state index in [0.717, 1.165) is 21.2 Å². The lowest BCUT2D eigenvalue weighted by Crippen LogP contribution is -2.23. The molecule has 96 valence electrons. The third-order valence-corrected chi connectivity index (χ3v) is 3.77. The number of benzene rings is 2. The summed E-state index contributed by atoms with van der Waals surface area (Å²) in [6, 6.07) is 13.5. The van der Waals surface area contributed by atoms with Crippen molar-refractivity contribution in [2.45, 2.75) is 13.1 Å². The summed E-state index contributed by atoms with van der Waals surface area (Å²) in [7, 11) is 0. The van der Waals surface area contributed by atoms with Gasteiger partial charge in [-0.25, -0.2) is 0 Å². The van der Waals surface area contributed by atoms with Gasteiger partial charge in [-0.3, -0.25) is 4.79 Å². The zero-order valence-electron chi connectivity index (χ0n) is 10.3. The fourth-order valence-electron chi connectivity index (χ4n) is 2.36. The first kappa shape index (κ1) is 12.2. The summed E-state index contributed by atoms with van der Waals surface area (Å²) in [5.41, 5.74) is 9.27. The zero-order chi connectivity index (χ0) is 13.4. The number of nitrogen functional groups attached to an aromatic ring is 1. The molecule has 1 aliphatic rings. The SMILES string of the molecule is Nc1ccc2c(c1)C(=O)N(Cc1cccc(Br)c1)C2. The monoisotopic (exact) mass is 316 g/mol. The van der Waals surface area contributed by atoms with Crippen LogP contribution in [0.1, 0.15) is 21.5 Å². The number of halogens is 1. The molecule has 1 aliphatic heterocycles. The maximum atomic E-state index is 12.3. The van der Waals surface area contributed by atoms with E-state index < -0.39 is 0 Å². The number of nitrogens with two attached hydrogens (primary N) is 1. The van der Waals surface area contributed by atoms with Crippen LogP contribution in [0.25, 0.3) is 0 Å². The lowest BCUT2D eigenvalue weighted by Gasteiger charge is -2.15. The maximum Gasteiger partial charge on any atom is 0.254 e. The molecule has 0 saturated carbocycles. The average Bonchev–Trinajstić information content (AvgIpc) is 2.67. The summed E-state index contributed by atoms with van der Waals surface area (Å²) in [6.45, 7) is 1.27. The van der Waals surface area contributed by atoms with Crippen LogP contribution < -0.4 is 5.73 Å². The lowest BCUT2D eigenvalue weighted by molar-refractivity contribution is 0.0766. The van der Waals surface area contributed by atoms with E-state index in [0.29, 0.717) is 18.8 Å². The molecule has 0 saturated heterocycles. The second kappa shape index (κ2) is 4.70. The van der Waals surface area contributed by atoms with Crippen LogP contribution in [-0.4, -0.2) is 10.8 Å². The number of nitrogens with zero attached hydrogens (tertiary/aromatic N) is 1. The number of hydrogen-bond donors (Lipinski definition) is 1. The zero-order valence-corrected chi connectivity index (χ0v) is 11.9. The Morgan fingerprint density at radius 1 is 1.21 bits per heavy atom. The number of fused-ring (bicyclic) bond motifs is 1. The Balaban J connectivity index is 1.84. The Bertz CT molecular complexity index is 654. The highest BCUT2D eigenvalue weighted by Gasteiger charge is 2.27. The Morgan fingerprint density at radius 2 is 2.05 bits per heavy atom. The van der Waals surface area contributed by atoms with Gasteiger partial charge in [-0.15, -0.1) is 0 Å². The molecular formula is C15H13BrN2O. The Labute approximate surface area is 120 Å². The van der Waals surface area contributed by atoms with Crippen molar-refractivity contribution in [2.24, 2.45) is 0 Å². The number of carbonyl (C=O) groups excluding carboxylic acids is 1. The first-order valence-electron chi connectivity index (χ1n) is 6.05. The maximum absolute atomic E-state index is 12.3. The van der Waals surface area contributed by atoms with Gasteiger partial charge in [0.25, 0.3) is 5.91 Å². The van der Waals surface area contributed by atoms with E-state index in [1.807, 2.05) is 41.3 Å². The van der Waals surface area contributed by atoms with Gasteiger partial charge in [0, 0.05) is 28.8 Å². The van der Waals surface area contributed by atoms with Gasteiger partial charge in [-0.1, -0.05) is 34.1 Å². The molecule has 2 aromatic carbocycles. The molecular weight excluding hydrogens is 304 g/mol. The van der Waals surface area contributed by atoms with Crippen molar-refractivity contribution < 1.29 is 4.79 Å². The summed E-state index contributed by atoms with van der Waals surface area (Å²) in [5.74, 6) is 0.0577. The van der Waals surface area contributed by atoms with Gasteiger partial charge in [0.05, 0.1) is 0 Å². The van der Waals surface area contributed by atoms with Crippen molar-refractivity contribution in [2.75, 3.05) is 5.73 Å². The van der Waals surface area contributed by atoms with Crippen molar-refractivity contribution in [1.82, 2.24) is 4.90 Å². The topological polar surface area (TPSA) is 46.3 Å². The highest BCUT2D eigenvalue weighted by molar-refractivity contribution is 9.10. The minimum absolute atomic E-state index is 0.0577.